The summed E-state index contributed by atoms with van der Waals surface area (Å²) in [6, 6.07) is 0. The number of ether oxygens (including phenoxy) is 1. The summed E-state index contributed by atoms with van der Waals surface area (Å²) in [4.78, 5) is 10.6. The second-order valence-electron chi connectivity index (χ2n) is 1.95. The number of hydrogen-bond acceptors (Lipinski definition) is 2. The summed E-state index contributed by atoms with van der Waals surface area (Å²) in [7, 11) is 1.39. The molecule has 0 heterocycles. The molecule has 0 radical (unpaired) electrons. The summed E-state index contributed by atoms with van der Waals surface area (Å²) in [6.07, 6.45) is 2.40. The van der Waals surface area contributed by atoms with Crippen LogP contribution in [0.2, 0.25) is 0 Å². The summed E-state index contributed by atoms with van der Waals surface area (Å²) in [6.45, 7) is 5.32. The Morgan fingerprint density at radius 3 is 2.36 bits per heavy atom. The second-order valence-corrected chi connectivity index (χ2v) is 1.95. The normalized spacial score (nSPS) is 10.0. The van der Waals surface area contributed by atoms with Crippen LogP contribution in [0.5, 0.6) is 0 Å². The van der Waals surface area contributed by atoms with E-state index < -0.39 is 0 Å². The third kappa shape index (κ3) is 7.69. The third-order valence-electron chi connectivity index (χ3n) is 1.12. The van der Waals surface area contributed by atoms with E-state index in [4.69, 9.17) is 0 Å². The molecule has 0 aromatic carbocycles. The van der Waals surface area contributed by atoms with E-state index in [0.29, 0.717) is 6.42 Å². The average molecular weight is 201 g/mol. The zero-order chi connectivity index (χ0) is 7.28. The van der Waals surface area contributed by atoms with Crippen LogP contribution in [-0.4, -0.2) is 13.1 Å². The van der Waals surface area contributed by atoms with Crippen molar-refractivity contribution in [3.05, 3.63) is 12.7 Å². The molecular weight excluding hydrogens is 187 g/mol. The Bertz CT molecular complexity index is 115. The molecule has 0 amide bonds. The summed E-state index contributed by atoms with van der Waals surface area (Å²) >= 11 is 0. The summed E-state index contributed by atoms with van der Waals surface area (Å²) in [5.41, 5.74) is 0. The minimum Gasteiger partial charge on any atom is -0.469 e. The van der Waals surface area contributed by atoms with Gasteiger partial charge in [0.25, 0.3) is 0 Å². The van der Waals surface area contributed by atoms with Crippen LogP contribution in [0.25, 0.3) is 0 Å². The lowest BCUT2D eigenvalue weighted by molar-refractivity contribution is -0.144. The van der Waals surface area contributed by atoms with Crippen molar-refractivity contribution in [3.63, 3.8) is 0 Å². The minimum atomic E-state index is -0.171. The maximum Gasteiger partial charge on any atom is 0.308 e. The second kappa shape index (κ2) is 9.79. The summed E-state index contributed by atoms with van der Waals surface area (Å²) in [5, 5.41) is 0. The van der Waals surface area contributed by atoms with Crippen molar-refractivity contribution in [1.29, 1.82) is 0 Å². The number of carbonyl (C=O) groups is 1. The lowest BCUT2D eigenvalue weighted by atomic mass is 10.1. The molecular formula is C7H14Cl2O2. The van der Waals surface area contributed by atoms with Gasteiger partial charge < -0.3 is 4.74 Å². The first-order valence-corrected chi connectivity index (χ1v) is 2.91. The van der Waals surface area contributed by atoms with Gasteiger partial charge >= 0.3 is 5.97 Å². The van der Waals surface area contributed by atoms with Gasteiger partial charge in [0.1, 0.15) is 0 Å². The predicted molar refractivity (Wildman–Crippen MR) is 50.5 cm³/mol. The molecule has 0 aromatic heterocycles. The molecule has 0 aliphatic rings. The molecule has 0 spiro atoms. The Morgan fingerprint density at radius 2 is 2.09 bits per heavy atom. The van der Waals surface area contributed by atoms with Crippen LogP contribution in [0.15, 0.2) is 12.7 Å². The lowest BCUT2D eigenvalue weighted by Crippen LogP contribution is -2.11. The van der Waals surface area contributed by atoms with Gasteiger partial charge in [-0.1, -0.05) is 13.0 Å². The van der Waals surface area contributed by atoms with Crippen LogP contribution in [0.3, 0.4) is 0 Å². The summed E-state index contributed by atoms with van der Waals surface area (Å²) in [5.74, 6) is -0.220. The predicted octanol–water partition coefficient (Wildman–Crippen LogP) is 2.22. The van der Waals surface area contributed by atoms with E-state index >= 15 is 0 Å². The lowest BCUT2D eigenvalue weighted by Gasteiger charge is -2.03. The van der Waals surface area contributed by atoms with Crippen molar-refractivity contribution in [2.45, 2.75) is 13.3 Å². The highest BCUT2D eigenvalue weighted by Crippen LogP contribution is 2.02. The molecule has 0 saturated carbocycles. The molecule has 4 heteroatoms. The third-order valence-corrected chi connectivity index (χ3v) is 1.12. The van der Waals surface area contributed by atoms with E-state index in [9.17, 15) is 4.79 Å². The van der Waals surface area contributed by atoms with E-state index in [1.807, 2.05) is 6.92 Å². The van der Waals surface area contributed by atoms with Crippen molar-refractivity contribution in [1.82, 2.24) is 0 Å². The quantitative estimate of drug-likeness (QED) is 0.516. The molecule has 0 aliphatic heterocycles. The van der Waals surface area contributed by atoms with E-state index in [2.05, 4.69) is 11.3 Å². The van der Waals surface area contributed by atoms with Crippen molar-refractivity contribution < 1.29 is 9.53 Å². The van der Waals surface area contributed by atoms with E-state index in [0.717, 1.165) is 0 Å². The van der Waals surface area contributed by atoms with Crippen LogP contribution in [0.4, 0.5) is 0 Å². The standard InChI is InChI=1S/C7H12O2.2ClH/c1-4-5-6(2)7(8)9-3;;/h4,6H,1,5H2,2-3H3;2*1H. The monoisotopic (exact) mass is 200 g/mol. The van der Waals surface area contributed by atoms with Crippen molar-refractivity contribution >= 4 is 30.8 Å². The first kappa shape index (κ1) is 17.0. The van der Waals surface area contributed by atoms with Gasteiger partial charge in [-0.15, -0.1) is 31.4 Å². The zero-order valence-corrected chi connectivity index (χ0v) is 8.33. The highest BCUT2D eigenvalue weighted by molar-refractivity contribution is 5.85. The molecule has 0 bridgehead atoms. The fraction of sp³-hybridized carbons (Fsp3) is 0.571. The molecule has 1 unspecified atom stereocenters. The van der Waals surface area contributed by atoms with E-state index in [-0.39, 0.29) is 36.7 Å². The van der Waals surface area contributed by atoms with Gasteiger partial charge in [-0.25, -0.2) is 0 Å². The summed E-state index contributed by atoms with van der Waals surface area (Å²) < 4.78 is 4.48. The van der Waals surface area contributed by atoms with Crippen molar-refractivity contribution in [2.24, 2.45) is 5.92 Å². The topological polar surface area (TPSA) is 26.3 Å². The number of halogens is 2. The smallest absolute Gasteiger partial charge is 0.308 e. The fourth-order valence-electron chi connectivity index (χ4n) is 0.547. The van der Waals surface area contributed by atoms with E-state index in [1.54, 1.807) is 6.08 Å². The van der Waals surface area contributed by atoms with Crippen LogP contribution >= 0.6 is 24.8 Å². The van der Waals surface area contributed by atoms with Gasteiger partial charge in [-0.2, -0.15) is 0 Å². The number of methoxy groups -OCH3 is 1. The zero-order valence-electron chi connectivity index (χ0n) is 6.70. The van der Waals surface area contributed by atoms with Gasteiger partial charge in [0.15, 0.2) is 0 Å². The Hall–Kier alpha value is -0.210. The maximum atomic E-state index is 10.6. The largest absolute Gasteiger partial charge is 0.469 e. The van der Waals surface area contributed by atoms with Gasteiger partial charge in [-0.3, -0.25) is 4.79 Å². The molecule has 11 heavy (non-hydrogen) atoms. The van der Waals surface area contributed by atoms with Crippen molar-refractivity contribution in [3.8, 4) is 0 Å². The highest BCUT2D eigenvalue weighted by Gasteiger charge is 2.09. The van der Waals surface area contributed by atoms with Crippen LogP contribution < -0.4 is 0 Å². The van der Waals surface area contributed by atoms with Crippen LogP contribution in [-0.2, 0) is 9.53 Å². The Kier molecular flexibility index (Phi) is 15.2. The average Bonchev–Trinajstić information content (AvgIpc) is 1.87. The van der Waals surface area contributed by atoms with Gasteiger partial charge in [0, 0.05) is 0 Å². The van der Waals surface area contributed by atoms with Gasteiger partial charge in [-0.05, 0) is 6.42 Å². The molecule has 0 aliphatic carbocycles. The van der Waals surface area contributed by atoms with Crippen LogP contribution in [0, 0.1) is 5.92 Å². The molecule has 0 rings (SSSR count). The number of esters is 1. The SMILES string of the molecule is C=CCC(C)C(=O)OC.Cl.Cl. The van der Waals surface area contributed by atoms with E-state index in [1.165, 1.54) is 7.11 Å². The molecule has 1 atom stereocenters. The fourth-order valence-corrected chi connectivity index (χ4v) is 0.547. The molecule has 0 saturated heterocycles. The minimum absolute atomic E-state index is 0. The number of hydrogen-bond donors (Lipinski definition) is 0. The molecule has 68 valence electrons. The Balaban J connectivity index is -0.000000320. The molecule has 2 nitrogen and oxygen atoms in total. The van der Waals surface area contributed by atoms with Gasteiger partial charge in [0.2, 0.25) is 0 Å². The van der Waals surface area contributed by atoms with Crippen molar-refractivity contribution in [2.75, 3.05) is 7.11 Å². The Morgan fingerprint density at radius 1 is 1.64 bits per heavy atom. The van der Waals surface area contributed by atoms with Gasteiger partial charge in [0.05, 0.1) is 13.0 Å². The number of carbonyl (C=O) groups excluding carboxylic acids is 1. The van der Waals surface area contributed by atoms with Crippen LogP contribution in [0.1, 0.15) is 13.3 Å². The molecule has 0 N–H and O–H groups in total. The molecule has 0 aromatic rings. The maximum absolute atomic E-state index is 10.6. The number of rotatable bonds is 3. The highest BCUT2D eigenvalue weighted by atomic mass is 35.5. The molecule has 0 fully saturated rings. The Labute approximate surface area is 79.8 Å². The number of allylic oxidation sites excluding steroid dienone is 1. The first-order valence-electron chi connectivity index (χ1n) is 2.91. The first-order chi connectivity index (χ1) is 4.22.